The van der Waals surface area contributed by atoms with Gasteiger partial charge in [0.25, 0.3) is 0 Å². The highest BCUT2D eigenvalue weighted by Crippen LogP contribution is 2.30. The lowest BCUT2D eigenvalue weighted by Crippen LogP contribution is -2.10. The maximum atomic E-state index is 4.63. The molecule has 0 radical (unpaired) electrons. The maximum absolute atomic E-state index is 4.63. The van der Waals surface area contributed by atoms with Crippen LogP contribution in [-0.2, 0) is 0 Å². The Labute approximate surface area is 146 Å². The number of hydrogen-bond acceptors (Lipinski definition) is 4. The van der Waals surface area contributed by atoms with Crippen LogP contribution in [0.5, 0.6) is 0 Å². The van der Waals surface area contributed by atoms with E-state index < -0.39 is 0 Å². The largest absolute Gasteiger partial charge is 0.354 e. The molecule has 1 aromatic heterocycles. The molecule has 0 amide bonds. The standard InChI is InChI=1S/C20H30N4/c1-13(2)10-11-21-20-22-16(6)12-18(24-20)23-19-15(5)8-7-9-17(19)14(3)4/h7-9,12-14H,10-11H2,1-6H3,(H2,21,22,23,24). The lowest BCUT2D eigenvalue weighted by Gasteiger charge is -2.17. The van der Waals surface area contributed by atoms with E-state index in [0.29, 0.717) is 17.8 Å². The van der Waals surface area contributed by atoms with Crippen molar-refractivity contribution in [2.24, 2.45) is 5.92 Å². The molecule has 0 bridgehead atoms. The van der Waals surface area contributed by atoms with Gasteiger partial charge in [-0.25, -0.2) is 4.98 Å². The van der Waals surface area contributed by atoms with Crippen LogP contribution in [-0.4, -0.2) is 16.5 Å². The van der Waals surface area contributed by atoms with Crippen LogP contribution in [0.2, 0.25) is 0 Å². The summed E-state index contributed by atoms with van der Waals surface area (Å²) in [5, 5.41) is 6.84. The first-order valence-corrected chi connectivity index (χ1v) is 8.83. The molecule has 1 heterocycles. The number of aromatic nitrogens is 2. The van der Waals surface area contributed by atoms with Crippen LogP contribution in [0.4, 0.5) is 17.5 Å². The van der Waals surface area contributed by atoms with Crippen LogP contribution in [0.25, 0.3) is 0 Å². The predicted molar refractivity (Wildman–Crippen MR) is 103 cm³/mol. The van der Waals surface area contributed by atoms with Gasteiger partial charge in [0.15, 0.2) is 0 Å². The molecule has 4 nitrogen and oxygen atoms in total. The van der Waals surface area contributed by atoms with Gasteiger partial charge in [0.05, 0.1) is 0 Å². The van der Waals surface area contributed by atoms with Crippen molar-refractivity contribution in [3.8, 4) is 0 Å². The van der Waals surface area contributed by atoms with Crippen LogP contribution in [0.15, 0.2) is 24.3 Å². The second-order valence-corrected chi connectivity index (χ2v) is 7.15. The van der Waals surface area contributed by atoms with E-state index in [9.17, 15) is 0 Å². The fourth-order valence-electron chi connectivity index (χ4n) is 2.65. The number of hydrogen-bond donors (Lipinski definition) is 2. The summed E-state index contributed by atoms with van der Waals surface area (Å²) in [6, 6.07) is 8.41. The highest BCUT2D eigenvalue weighted by molar-refractivity contribution is 5.66. The molecule has 0 aliphatic carbocycles. The summed E-state index contributed by atoms with van der Waals surface area (Å²) in [7, 11) is 0. The third-order valence-electron chi connectivity index (χ3n) is 4.04. The summed E-state index contributed by atoms with van der Waals surface area (Å²) in [4.78, 5) is 9.12. The maximum Gasteiger partial charge on any atom is 0.224 e. The van der Waals surface area contributed by atoms with Crippen molar-refractivity contribution in [1.29, 1.82) is 0 Å². The highest BCUT2D eigenvalue weighted by atomic mass is 15.1. The zero-order valence-corrected chi connectivity index (χ0v) is 15.8. The highest BCUT2D eigenvalue weighted by Gasteiger charge is 2.11. The monoisotopic (exact) mass is 326 g/mol. The normalized spacial score (nSPS) is 11.2. The van der Waals surface area contributed by atoms with Crippen LogP contribution >= 0.6 is 0 Å². The topological polar surface area (TPSA) is 49.8 Å². The van der Waals surface area contributed by atoms with E-state index in [-0.39, 0.29) is 0 Å². The Hall–Kier alpha value is -2.10. The van der Waals surface area contributed by atoms with E-state index in [1.807, 2.05) is 13.0 Å². The van der Waals surface area contributed by atoms with Crippen molar-refractivity contribution >= 4 is 17.5 Å². The number of anilines is 3. The molecule has 24 heavy (non-hydrogen) atoms. The molecular weight excluding hydrogens is 296 g/mol. The van der Waals surface area contributed by atoms with E-state index in [0.717, 1.165) is 30.2 Å². The molecule has 0 fully saturated rings. The molecule has 0 spiro atoms. The zero-order chi connectivity index (χ0) is 17.7. The Bertz CT molecular complexity index is 677. The third kappa shape index (κ3) is 4.95. The van der Waals surface area contributed by atoms with Crippen LogP contribution in [0.1, 0.15) is 56.9 Å². The molecule has 2 rings (SSSR count). The second kappa shape index (κ2) is 8.13. The van der Waals surface area contributed by atoms with Gasteiger partial charge in [0.2, 0.25) is 5.95 Å². The number of benzene rings is 1. The molecule has 1 aromatic carbocycles. The van der Waals surface area contributed by atoms with Gasteiger partial charge in [0, 0.05) is 24.0 Å². The number of nitrogens with one attached hydrogen (secondary N) is 2. The minimum absolute atomic E-state index is 0.457. The Morgan fingerprint density at radius 2 is 1.79 bits per heavy atom. The summed E-state index contributed by atoms with van der Waals surface area (Å²) in [5.41, 5.74) is 4.64. The van der Waals surface area contributed by atoms with E-state index >= 15 is 0 Å². The average molecular weight is 326 g/mol. The third-order valence-corrected chi connectivity index (χ3v) is 4.04. The molecule has 2 N–H and O–H groups in total. The minimum Gasteiger partial charge on any atom is -0.354 e. The van der Waals surface area contributed by atoms with Crippen molar-refractivity contribution in [3.05, 3.63) is 41.1 Å². The average Bonchev–Trinajstić information content (AvgIpc) is 2.48. The quantitative estimate of drug-likeness (QED) is 0.713. The summed E-state index contributed by atoms with van der Waals surface area (Å²) >= 11 is 0. The molecule has 0 unspecified atom stereocenters. The van der Waals surface area contributed by atoms with Gasteiger partial charge in [0.1, 0.15) is 5.82 Å². The molecule has 0 aliphatic heterocycles. The van der Waals surface area contributed by atoms with Crippen molar-refractivity contribution in [2.75, 3.05) is 17.2 Å². The van der Waals surface area contributed by atoms with Gasteiger partial charge >= 0.3 is 0 Å². The summed E-state index contributed by atoms with van der Waals surface area (Å²) in [6.07, 6.45) is 1.11. The fourth-order valence-corrected chi connectivity index (χ4v) is 2.65. The Kier molecular flexibility index (Phi) is 6.18. The Balaban J connectivity index is 2.23. The van der Waals surface area contributed by atoms with Crippen molar-refractivity contribution in [2.45, 2.75) is 53.9 Å². The molecule has 0 saturated heterocycles. The second-order valence-electron chi connectivity index (χ2n) is 7.15. The first-order valence-electron chi connectivity index (χ1n) is 8.83. The molecule has 0 aliphatic rings. The first-order chi connectivity index (χ1) is 11.4. The zero-order valence-electron chi connectivity index (χ0n) is 15.8. The van der Waals surface area contributed by atoms with Crippen LogP contribution < -0.4 is 10.6 Å². The van der Waals surface area contributed by atoms with Gasteiger partial charge in [-0.05, 0) is 43.2 Å². The van der Waals surface area contributed by atoms with Gasteiger partial charge in [-0.15, -0.1) is 0 Å². The SMILES string of the molecule is Cc1cc(Nc2c(C)cccc2C(C)C)nc(NCCC(C)C)n1. The number of rotatable bonds is 7. The molecule has 0 saturated carbocycles. The van der Waals surface area contributed by atoms with Crippen LogP contribution in [0.3, 0.4) is 0 Å². The summed E-state index contributed by atoms with van der Waals surface area (Å²) in [6.45, 7) is 13.9. The van der Waals surface area contributed by atoms with Gasteiger partial charge in [-0.1, -0.05) is 45.9 Å². The lowest BCUT2D eigenvalue weighted by atomic mass is 9.98. The molecular formula is C20H30N4. The Morgan fingerprint density at radius 1 is 1.04 bits per heavy atom. The van der Waals surface area contributed by atoms with Crippen molar-refractivity contribution in [3.63, 3.8) is 0 Å². The van der Waals surface area contributed by atoms with E-state index in [2.05, 4.69) is 73.4 Å². The first kappa shape index (κ1) is 18.2. The number of nitrogens with zero attached hydrogens (tertiary/aromatic N) is 2. The van der Waals surface area contributed by atoms with Crippen molar-refractivity contribution < 1.29 is 0 Å². The molecule has 0 atom stereocenters. The molecule has 2 aromatic rings. The number of aryl methyl sites for hydroxylation is 2. The lowest BCUT2D eigenvalue weighted by molar-refractivity contribution is 0.606. The van der Waals surface area contributed by atoms with Gasteiger partial charge in [-0.2, -0.15) is 4.98 Å². The smallest absolute Gasteiger partial charge is 0.224 e. The number of para-hydroxylation sites is 1. The van der Waals surface area contributed by atoms with E-state index in [1.165, 1.54) is 11.1 Å². The molecule has 4 heteroatoms. The predicted octanol–water partition coefficient (Wildman–Crippen LogP) is 5.42. The molecule has 130 valence electrons. The summed E-state index contributed by atoms with van der Waals surface area (Å²) < 4.78 is 0. The van der Waals surface area contributed by atoms with Crippen molar-refractivity contribution in [1.82, 2.24) is 9.97 Å². The van der Waals surface area contributed by atoms with E-state index in [4.69, 9.17) is 0 Å². The van der Waals surface area contributed by atoms with E-state index in [1.54, 1.807) is 0 Å². The summed E-state index contributed by atoms with van der Waals surface area (Å²) in [5.74, 6) is 2.66. The fraction of sp³-hybridized carbons (Fsp3) is 0.500. The van der Waals surface area contributed by atoms with Gasteiger partial charge in [-0.3, -0.25) is 0 Å². The van der Waals surface area contributed by atoms with Crippen LogP contribution in [0, 0.1) is 19.8 Å². The Morgan fingerprint density at radius 3 is 2.46 bits per heavy atom. The minimum atomic E-state index is 0.457. The van der Waals surface area contributed by atoms with Gasteiger partial charge < -0.3 is 10.6 Å².